The molecule has 34 heavy (non-hydrogen) atoms. The first kappa shape index (κ1) is 23.8. The van der Waals surface area contributed by atoms with Gasteiger partial charge in [0.05, 0.1) is 42.3 Å². The molecule has 10 heteroatoms. The molecule has 6 nitrogen and oxygen atoms in total. The number of rotatable bonds is 5. The number of piperidine rings is 1. The van der Waals surface area contributed by atoms with Crippen LogP contribution in [-0.2, 0) is 6.42 Å². The Morgan fingerprint density at radius 2 is 2.06 bits per heavy atom. The van der Waals surface area contributed by atoms with Crippen LogP contribution in [0.1, 0.15) is 23.5 Å². The molecule has 3 aromatic rings. The summed E-state index contributed by atoms with van der Waals surface area (Å²) in [6.07, 6.45) is -2.92. The maximum absolute atomic E-state index is 14.5. The van der Waals surface area contributed by atoms with E-state index in [4.69, 9.17) is 0 Å². The maximum atomic E-state index is 14.5. The van der Waals surface area contributed by atoms with Gasteiger partial charge in [0, 0.05) is 25.0 Å². The minimum atomic E-state index is -4.43. The quantitative estimate of drug-likeness (QED) is 0.432. The fourth-order valence-corrected chi connectivity index (χ4v) is 3.95. The van der Waals surface area contributed by atoms with Crippen LogP contribution in [-0.4, -0.2) is 64.3 Å². The molecule has 0 bridgehead atoms. The Hall–Kier alpha value is -3.32. The molecule has 3 aromatic heterocycles. The molecular weight excluding hydrogens is 448 g/mol. The Balaban J connectivity index is 1.61. The molecule has 1 saturated heterocycles. The molecule has 0 aliphatic carbocycles. The summed E-state index contributed by atoms with van der Waals surface area (Å²) in [5.41, 5.74) is 2.43. The van der Waals surface area contributed by atoms with E-state index in [0.717, 1.165) is 17.9 Å². The summed E-state index contributed by atoms with van der Waals surface area (Å²) in [6.45, 7) is 3.12. The second kappa shape index (κ2) is 9.89. The Kier molecular flexibility index (Phi) is 6.93. The number of fused-ring (bicyclic) bond motifs is 1. The number of nitrogens with one attached hydrogen (secondary N) is 2. The molecule has 4 heterocycles. The highest BCUT2D eigenvalue weighted by molar-refractivity contribution is 5.70. The molecule has 0 amide bonds. The standard InChI is InChI=1S/C24H26F4N6/c1-16-7-8-17(14-30-16)29-10-3-5-20-22(13-24(26,27)28)34-11-4-6-21(23(34)32-20)31-19-9-12-33(2)15-18(19)25/h4,6-8,11,14,18-19,29,31H,9-10,12-13,15H2,1-2H3. The van der Waals surface area contributed by atoms with E-state index < -0.39 is 24.8 Å². The van der Waals surface area contributed by atoms with Gasteiger partial charge < -0.3 is 19.9 Å². The maximum Gasteiger partial charge on any atom is 0.394 e. The van der Waals surface area contributed by atoms with E-state index in [0.29, 0.717) is 24.3 Å². The first-order valence-electron chi connectivity index (χ1n) is 11.0. The van der Waals surface area contributed by atoms with Crippen LogP contribution in [0.5, 0.6) is 0 Å². The van der Waals surface area contributed by atoms with Gasteiger partial charge in [0.25, 0.3) is 0 Å². The predicted molar refractivity (Wildman–Crippen MR) is 124 cm³/mol. The number of hydrogen-bond acceptors (Lipinski definition) is 5. The van der Waals surface area contributed by atoms with E-state index in [9.17, 15) is 17.6 Å². The summed E-state index contributed by atoms with van der Waals surface area (Å²) in [7, 11) is 1.86. The van der Waals surface area contributed by atoms with E-state index in [1.807, 2.05) is 31.0 Å². The Morgan fingerprint density at radius 1 is 1.24 bits per heavy atom. The van der Waals surface area contributed by atoms with Crippen LogP contribution in [0.4, 0.5) is 28.9 Å². The van der Waals surface area contributed by atoms with Crippen molar-refractivity contribution in [3.8, 4) is 11.8 Å². The van der Waals surface area contributed by atoms with Crippen LogP contribution < -0.4 is 10.6 Å². The topological polar surface area (TPSA) is 57.5 Å². The lowest BCUT2D eigenvalue weighted by atomic mass is 10.0. The number of anilines is 2. The van der Waals surface area contributed by atoms with Crippen LogP contribution >= 0.6 is 0 Å². The van der Waals surface area contributed by atoms with E-state index in [2.05, 4.69) is 32.4 Å². The average Bonchev–Trinajstić information content (AvgIpc) is 3.11. The predicted octanol–water partition coefficient (Wildman–Crippen LogP) is 4.06. The van der Waals surface area contributed by atoms with Gasteiger partial charge in [0.15, 0.2) is 5.65 Å². The smallest absolute Gasteiger partial charge is 0.376 e. The molecule has 0 spiro atoms. The average molecular weight is 475 g/mol. The van der Waals surface area contributed by atoms with Crippen LogP contribution in [0.2, 0.25) is 0 Å². The van der Waals surface area contributed by atoms with E-state index in [1.54, 1.807) is 18.3 Å². The summed E-state index contributed by atoms with van der Waals surface area (Å²) >= 11 is 0. The highest BCUT2D eigenvalue weighted by Gasteiger charge is 2.32. The monoisotopic (exact) mass is 474 g/mol. The highest BCUT2D eigenvalue weighted by Crippen LogP contribution is 2.28. The first-order chi connectivity index (χ1) is 16.2. The molecule has 1 aliphatic heterocycles. The molecule has 0 saturated carbocycles. The fourth-order valence-electron chi connectivity index (χ4n) is 3.95. The zero-order chi connectivity index (χ0) is 24.3. The minimum Gasteiger partial charge on any atom is -0.376 e. The van der Waals surface area contributed by atoms with Crippen molar-refractivity contribution in [2.45, 2.75) is 38.2 Å². The Morgan fingerprint density at radius 3 is 2.76 bits per heavy atom. The van der Waals surface area contributed by atoms with Gasteiger partial charge in [0.1, 0.15) is 11.9 Å². The van der Waals surface area contributed by atoms with Crippen LogP contribution in [0, 0.1) is 18.8 Å². The molecule has 2 unspecified atom stereocenters. The third-order valence-electron chi connectivity index (χ3n) is 5.70. The number of imidazole rings is 1. The minimum absolute atomic E-state index is 0.0455. The van der Waals surface area contributed by atoms with Gasteiger partial charge in [-0.2, -0.15) is 13.2 Å². The molecular formula is C24H26F4N6. The van der Waals surface area contributed by atoms with Crippen molar-refractivity contribution in [3.63, 3.8) is 0 Å². The van der Waals surface area contributed by atoms with E-state index in [-0.39, 0.29) is 17.9 Å². The normalized spacial score (nSPS) is 19.0. The van der Waals surface area contributed by atoms with E-state index in [1.165, 1.54) is 10.6 Å². The van der Waals surface area contributed by atoms with Gasteiger partial charge in [0.2, 0.25) is 0 Å². The lowest BCUT2D eigenvalue weighted by Gasteiger charge is -2.33. The molecule has 2 N–H and O–H groups in total. The molecule has 2 atom stereocenters. The number of likely N-dealkylation sites (tertiary alicyclic amines) is 1. The number of nitrogens with zero attached hydrogens (tertiary/aromatic N) is 4. The second-order valence-corrected chi connectivity index (χ2v) is 8.48. The Labute approximate surface area is 195 Å². The number of pyridine rings is 2. The number of hydrogen-bond donors (Lipinski definition) is 2. The zero-order valence-electron chi connectivity index (χ0n) is 19.0. The highest BCUT2D eigenvalue weighted by atomic mass is 19.4. The summed E-state index contributed by atoms with van der Waals surface area (Å²) in [5.74, 6) is 5.63. The van der Waals surface area contributed by atoms with Crippen molar-refractivity contribution >= 4 is 17.0 Å². The van der Waals surface area contributed by atoms with Crippen molar-refractivity contribution < 1.29 is 17.6 Å². The largest absolute Gasteiger partial charge is 0.394 e. The molecule has 1 aliphatic rings. The lowest BCUT2D eigenvalue weighted by molar-refractivity contribution is -0.128. The van der Waals surface area contributed by atoms with Crippen molar-refractivity contribution in [2.24, 2.45) is 0 Å². The SMILES string of the molecule is Cc1ccc(NCC#Cc2nc3c(NC4CCN(C)CC4F)cccn3c2CC(F)(F)F)cn1. The van der Waals surface area contributed by atoms with Gasteiger partial charge in [-0.1, -0.05) is 5.92 Å². The second-order valence-electron chi connectivity index (χ2n) is 8.48. The van der Waals surface area contributed by atoms with Crippen molar-refractivity contribution in [1.29, 1.82) is 0 Å². The molecule has 0 radical (unpaired) electrons. The van der Waals surface area contributed by atoms with E-state index >= 15 is 0 Å². The summed E-state index contributed by atoms with van der Waals surface area (Å²) in [4.78, 5) is 10.5. The third kappa shape index (κ3) is 5.78. The number of aromatic nitrogens is 3. The van der Waals surface area contributed by atoms with Gasteiger partial charge in [-0.05, 0) is 50.6 Å². The lowest BCUT2D eigenvalue weighted by Crippen LogP contribution is -2.46. The van der Waals surface area contributed by atoms with Gasteiger partial charge in [-0.3, -0.25) is 4.98 Å². The number of aryl methyl sites for hydroxylation is 1. The van der Waals surface area contributed by atoms with Gasteiger partial charge in [-0.15, -0.1) is 0 Å². The van der Waals surface area contributed by atoms with Crippen molar-refractivity contribution in [2.75, 3.05) is 37.3 Å². The summed E-state index contributed by atoms with van der Waals surface area (Å²) in [6, 6.07) is 6.59. The Bertz CT molecular complexity index is 1190. The number of halogens is 4. The third-order valence-corrected chi connectivity index (χ3v) is 5.70. The zero-order valence-corrected chi connectivity index (χ0v) is 19.0. The molecule has 0 aromatic carbocycles. The number of alkyl halides is 4. The van der Waals surface area contributed by atoms with Crippen LogP contribution in [0.15, 0.2) is 36.7 Å². The van der Waals surface area contributed by atoms with Gasteiger partial charge in [-0.25, -0.2) is 9.37 Å². The van der Waals surface area contributed by atoms with Crippen molar-refractivity contribution in [1.82, 2.24) is 19.3 Å². The molecule has 180 valence electrons. The van der Waals surface area contributed by atoms with Gasteiger partial charge >= 0.3 is 6.18 Å². The molecule has 1 fully saturated rings. The molecule has 4 rings (SSSR count). The van der Waals surface area contributed by atoms with Crippen LogP contribution in [0.25, 0.3) is 5.65 Å². The van der Waals surface area contributed by atoms with Crippen molar-refractivity contribution in [3.05, 3.63) is 53.7 Å². The summed E-state index contributed by atoms with van der Waals surface area (Å²) in [5, 5.41) is 6.22. The summed E-state index contributed by atoms with van der Waals surface area (Å²) < 4.78 is 56.0. The van der Waals surface area contributed by atoms with Crippen LogP contribution in [0.3, 0.4) is 0 Å². The first-order valence-corrected chi connectivity index (χ1v) is 11.0. The fraction of sp³-hybridized carbons (Fsp3) is 0.417.